The number of hydrogen-bond acceptors (Lipinski definition) is 2. The molecule has 1 fully saturated rings. The van der Waals surface area contributed by atoms with Crippen molar-refractivity contribution in [2.75, 3.05) is 5.73 Å². The third kappa shape index (κ3) is 3.53. The molecular weight excluding hydrogens is 250 g/mol. The number of carboxylic acids is 1. The van der Waals surface area contributed by atoms with Gasteiger partial charge >= 0.3 is 5.97 Å². The highest BCUT2D eigenvalue weighted by molar-refractivity contribution is 5.79. The predicted octanol–water partition coefficient (Wildman–Crippen LogP) is 4.11. The lowest BCUT2D eigenvalue weighted by molar-refractivity contribution is -0.139. The molecule has 0 spiro atoms. The maximum absolute atomic E-state index is 11.6. The molecule has 2 rings (SSSR count). The normalized spacial score (nSPS) is 17.9. The van der Waals surface area contributed by atoms with Crippen LogP contribution in [0.4, 0.5) is 5.69 Å². The van der Waals surface area contributed by atoms with Crippen LogP contribution in [0, 0.1) is 12.8 Å². The summed E-state index contributed by atoms with van der Waals surface area (Å²) in [7, 11) is 0. The maximum Gasteiger partial charge on any atom is 0.311 e. The molecule has 0 bridgehead atoms. The Morgan fingerprint density at radius 2 is 2.05 bits per heavy atom. The highest BCUT2D eigenvalue weighted by Crippen LogP contribution is 2.33. The number of aryl methyl sites for hydroxylation is 1. The van der Waals surface area contributed by atoms with E-state index in [1.54, 1.807) is 0 Å². The van der Waals surface area contributed by atoms with Gasteiger partial charge in [0.15, 0.2) is 0 Å². The first-order valence-electron chi connectivity index (χ1n) is 7.67. The molecule has 0 aliphatic heterocycles. The van der Waals surface area contributed by atoms with E-state index >= 15 is 0 Å². The SMILES string of the molecule is Cc1cccc(C(CCC2CCCCC2)C(=O)O)c1N. The summed E-state index contributed by atoms with van der Waals surface area (Å²) in [4.78, 5) is 11.6. The molecule has 3 N–H and O–H groups in total. The van der Waals surface area contributed by atoms with Gasteiger partial charge in [0.1, 0.15) is 0 Å². The van der Waals surface area contributed by atoms with Crippen molar-refractivity contribution >= 4 is 11.7 Å². The minimum atomic E-state index is -0.752. The van der Waals surface area contributed by atoms with Crippen LogP contribution in [0.1, 0.15) is 62.0 Å². The van der Waals surface area contributed by atoms with Crippen molar-refractivity contribution in [1.82, 2.24) is 0 Å². The van der Waals surface area contributed by atoms with Gasteiger partial charge in [0, 0.05) is 5.69 Å². The second-order valence-electron chi connectivity index (χ2n) is 6.05. The molecule has 110 valence electrons. The number of benzene rings is 1. The number of nitrogens with two attached hydrogens (primary N) is 1. The Hall–Kier alpha value is -1.51. The number of anilines is 1. The van der Waals surface area contributed by atoms with Gasteiger partial charge in [0.25, 0.3) is 0 Å². The third-order valence-corrected chi connectivity index (χ3v) is 4.62. The topological polar surface area (TPSA) is 63.3 Å². The number of hydrogen-bond donors (Lipinski definition) is 2. The van der Waals surface area contributed by atoms with Crippen LogP contribution in [0.3, 0.4) is 0 Å². The Labute approximate surface area is 121 Å². The summed E-state index contributed by atoms with van der Waals surface area (Å²) in [5, 5.41) is 9.52. The van der Waals surface area contributed by atoms with Gasteiger partial charge in [0.05, 0.1) is 5.92 Å². The average molecular weight is 275 g/mol. The Balaban J connectivity index is 2.06. The largest absolute Gasteiger partial charge is 0.481 e. The maximum atomic E-state index is 11.6. The van der Waals surface area contributed by atoms with E-state index in [4.69, 9.17) is 5.73 Å². The van der Waals surface area contributed by atoms with Crippen molar-refractivity contribution in [2.45, 2.75) is 57.8 Å². The second-order valence-corrected chi connectivity index (χ2v) is 6.05. The zero-order chi connectivity index (χ0) is 14.5. The van der Waals surface area contributed by atoms with Gasteiger partial charge in [-0.2, -0.15) is 0 Å². The molecule has 3 heteroatoms. The van der Waals surface area contributed by atoms with Gasteiger partial charge in [-0.3, -0.25) is 4.79 Å². The van der Waals surface area contributed by atoms with Crippen molar-refractivity contribution < 1.29 is 9.90 Å². The fourth-order valence-electron chi connectivity index (χ4n) is 3.30. The molecule has 1 aliphatic rings. The zero-order valence-electron chi connectivity index (χ0n) is 12.3. The molecule has 0 radical (unpaired) electrons. The molecule has 1 aromatic rings. The van der Waals surface area contributed by atoms with Crippen LogP contribution >= 0.6 is 0 Å². The lowest BCUT2D eigenvalue weighted by atomic mass is 9.82. The molecule has 1 saturated carbocycles. The number of carbonyl (C=O) groups is 1. The van der Waals surface area contributed by atoms with E-state index in [9.17, 15) is 9.90 Å². The monoisotopic (exact) mass is 275 g/mol. The smallest absolute Gasteiger partial charge is 0.311 e. The minimum Gasteiger partial charge on any atom is -0.481 e. The number of nitrogen functional groups attached to an aromatic ring is 1. The molecule has 1 atom stereocenters. The van der Waals surface area contributed by atoms with Crippen molar-refractivity contribution in [3.05, 3.63) is 29.3 Å². The first-order valence-corrected chi connectivity index (χ1v) is 7.67. The Morgan fingerprint density at radius 1 is 1.35 bits per heavy atom. The molecule has 1 aliphatic carbocycles. The fourth-order valence-corrected chi connectivity index (χ4v) is 3.30. The summed E-state index contributed by atoms with van der Waals surface area (Å²) in [6.45, 7) is 1.93. The summed E-state index contributed by atoms with van der Waals surface area (Å²) < 4.78 is 0. The molecule has 3 nitrogen and oxygen atoms in total. The number of aliphatic carboxylic acids is 1. The van der Waals surface area contributed by atoms with Gasteiger partial charge in [-0.15, -0.1) is 0 Å². The summed E-state index contributed by atoms with van der Waals surface area (Å²) in [6.07, 6.45) is 8.16. The summed E-state index contributed by atoms with van der Waals surface area (Å²) in [6, 6.07) is 5.69. The summed E-state index contributed by atoms with van der Waals surface area (Å²) >= 11 is 0. The summed E-state index contributed by atoms with van der Waals surface area (Å²) in [5.41, 5.74) is 8.46. The van der Waals surface area contributed by atoms with Crippen molar-refractivity contribution in [3.8, 4) is 0 Å². The van der Waals surface area contributed by atoms with E-state index in [1.165, 1.54) is 32.1 Å². The average Bonchev–Trinajstić information content (AvgIpc) is 2.44. The van der Waals surface area contributed by atoms with E-state index in [-0.39, 0.29) is 0 Å². The minimum absolute atomic E-state index is 0.461. The number of carboxylic acid groups (broad SMARTS) is 1. The molecule has 20 heavy (non-hydrogen) atoms. The Morgan fingerprint density at radius 3 is 2.70 bits per heavy atom. The first-order chi connectivity index (χ1) is 9.59. The van der Waals surface area contributed by atoms with E-state index in [2.05, 4.69) is 0 Å². The van der Waals surface area contributed by atoms with Crippen LogP contribution in [0.25, 0.3) is 0 Å². The highest BCUT2D eigenvalue weighted by atomic mass is 16.4. The van der Waals surface area contributed by atoms with Crippen LogP contribution < -0.4 is 5.73 Å². The molecule has 1 unspecified atom stereocenters. The van der Waals surface area contributed by atoms with Crippen LogP contribution in [-0.2, 0) is 4.79 Å². The fraction of sp³-hybridized carbons (Fsp3) is 0.588. The first kappa shape index (κ1) is 14.9. The lowest BCUT2D eigenvalue weighted by Crippen LogP contribution is -2.16. The van der Waals surface area contributed by atoms with Gasteiger partial charge in [-0.25, -0.2) is 0 Å². The van der Waals surface area contributed by atoms with Crippen molar-refractivity contribution in [2.24, 2.45) is 5.92 Å². The van der Waals surface area contributed by atoms with Crippen LogP contribution in [0.15, 0.2) is 18.2 Å². The lowest BCUT2D eigenvalue weighted by Gasteiger charge is -2.23. The van der Waals surface area contributed by atoms with Crippen LogP contribution in [0.2, 0.25) is 0 Å². The van der Waals surface area contributed by atoms with Gasteiger partial charge < -0.3 is 10.8 Å². The summed E-state index contributed by atoms with van der Waals surface area (Å²) in [5.74, 6) is -0.508. The number of rotatable bonds is 5. The van der Waals surface area contributed by atoms with Gasteiger partial charge in [-0.05, 0) is 36.8 Å². The Kier molecular flexibility index (Phi) is 5.05. The van der Waals surface area contributed by atoms with Crippen molar-refractivity contribution in [1.29, 1.82) is 0 Å². The zero-order valence-corrected chi connectivity index (χ0v) is 12.3. The van der Waals surface area contributed by atoms with E-state index in [1.807, 2.05) is 25.1 Å². The van der Waals surface area contributed by atoms with Crippen LogP contribution in [-0.4, -0.2) is 11.1 Å². The Bertz CT molecular complexity index is 464. The van der Waals surface area contributed by atoms with Gasteiger partial charge in [0.2, 0.25) is 0 Å². The van der Waals surface area contributed by atoms with E-state index < -0.39 is 11.9 Å². The van der Waals surface area contributed by atoms with E-state index in [0.29, 0.717) is 18.0 Å². The van der Waals surface area contributed by atoms with Crippen molar-refractivity contribution in [3.63, 3.8) is 0 Å². The third-order valence-electron chi connectivity index (χ3n) is 4.62. The predicted molar refractivity (Wildman–Crippen MR) is 81.8 cm³/mol. The molecule has 0 saturated heterocycles. The standard InChI is InChI=1S/C17H25NO2/c1-12-6-5-9-14(16(12)18)15(17(19)20)11-10-13-7-3-2-4-8-13/h5-6,9,13,15H,2-4,7-8,10-11,18H2,1H3,(H,19,20). The number of para-hydroxylation sites is 1. The van der Waals surface area contributed by atoms with E-state index in [0.717, 1.165) is 17.5 Å². The molecule has 0 amide bonds. The molecule has 0 aromatic heterocycles. The molecule has 0 heterocycles. The van der Waals surface area contributed by atoms with Gasteiger partial charge in [-0.1, -0.05) is 50.3 Å². The highest BCUT2D eigenvalue weighted by Gasteiger charge is 2.24. The second kappa shape index (κ2) is 6.78. The molecule has 1 aromatic carbocycles. The quantitative estimate of drug-likeness (QED) is 0.795. The van der Waals surface area contributed by atoms with Crippen LogP contribution in [0.5, 0.6) is 0 Å². The molecular formula is C17H25NO2.